The molecule has 76 valence electrons. The minimum Gasteiger partial charge on any atom is -0.482 e. The molecule has 0 aromatic heterocycles. The number of aliphatic carboxylic acids is 1. The second-order valence-electron chi connectivity index (χ2n) is 2.57. The molecule has 0 fully saturated rings. The zero-order valence-electron chi connectivity index (χ0n) is 7.17. The highest BCUT2D eigenvalue weighted by Gasteiger charge is 2.06. The van der Waals surface area contributed by atoms with E-state index in [1.807, 2.05) is 0 Å². The molecule has 1 rings (SSSR count). The lowest BCUT2D eigenvalue weighted by Gasteiger charge is -2.07. The molecule has 0 aliphatic rings. The van der Waals surface area contributed by atoms with Crippen LogP contribution in [0.4, 0.5) is 4.39 Å². The van der Waals surface area contributed by atoms with E-state index in [-0.39, 0.29) is 11.3 Å². The van der Waals surface area contributed by atoms with Gasteiger partial charge >= 0.3 is 5.97 Å². The van der Waals surface area contributed by atoms with Gasteiger partial charge in [0.1, 0.15) is 12.4 Å². The van der Waals surface area contributed by atoms with Crippen molar-refractivity contribution in [1.82, 2.24) is 0 Å². The van der Waals surface area contributed by atoms with Crippen LogP contribution >= 0.6 is 11.6 Å². The first-order chi connectivity index (χ1) is 6.63. The topological polar surface area (TPSA) is 46.5 Å². The van der Waals surface area contributed by atoms with Gasteiger partial charge in [-0.05, 0) is 18.2 Å². The number of carboxylic acid groups (broad SMARTS) is 1. The van der Waals surface area contributed by atoms with E-state index in [0.717, 1.165) is 0 Å². The number of carbonyl (C=O) groups is 1. The number of benzene rings is 1. The summed E-state index contributed by atoms with van der Waals surface area (Å²) in [4.78, 5) is 10.2. The minimum absolute atomic E-state index is 0.208. The molecule has 0 unspecified atom stereocenters. The summed E-state index contributed by atoms with van der Waals surface area (Å²) in [5.41, 5.74) is 0.249. The van der Waals surface area contributed by atoms with Crippen molar-refractivity contribution in [1.29, 1.82) is 0 Å². The van der Waals surface area contributed by atoms with Gasteiger partial charge in [0.2, 0.25) is 0 Å². The number of hydrogen-bond donors (Lipinski definition) is 1. The summed E-state index contributed by atoms with van der Waals surface area (Å²) in [5.74, 6) is -0.899. The van der Waals surface area contributed by atoms with Gasteiger partial charge in [0.05, 0.1) is 0 Å². The molecule has 0 radical (unpaired) electrons. The molecule has 0 aliphatic heterocycles. The second-order valence-corrected chi connectivity index (χ2v) is 3.00. The van der Waals surface area contributed by atoms with E-state index in [1.165, 1.54) is 18.2 Å². The maximum absolute atomic E-state index is 12.4. The number of ether oxygens (including phenoxy) is 1. The minimum atomic E-state index is -1.11. The first-order valence-corrected chi connectivity index (χ1v) is 4.20. The molecule has 3 nitrogen and oxygen atoms in total. The Balaban J connectivity index is 2.80. The zero-order valence-corrected chi connectivity index (χ0v) is 7.92. The van der Waals surface area contributed by atoms with Crippen LogP contribution in [0.5, 0.6) is 5.75 Å². The van der Waals surface area contributed by atoms with Gasteiger partial charge in [0.25, 0.3) is 0 Å². The van der Waals surface area contributed by atoms with E-state index in [2.05, 4.69) is 0 Å². The van der Waals surface area contributed by atoms with Crippen LogP contribution in [0.3, 0.4) is 0 Å². The average molecular weight is 219 g/mol. The highest BCUT2D eigenvalue weighted by Crippen LogP contribution is 2.23. The van der Waals surface area contributed by atoms with Crippen molar-refractivity contribution in [2.24, 2.45) is 0 Å². The van der Waals surface area contributed by atoms with Crippen LogP contribution in [-0.4, -0.2) is 17.7 Å². The molecule has 0 saturated heterocycles. The van der Waals surface area contributed by atoms with Gasteiger partial charge in [-0.15, -0.1) is 0 Å². The fourth-order valence-electron chi connectivity index (χ4n) is 0.933. The van der Waals surface area contributed by atoms with Crippen molar-refractivity contribution >= 4 is 17.6 Å². The Kier molecular flexibility index (Phi) is 3.71. The lowest BCUT2D eigenvalue weighted by molar-refractivity contribution is -0.139. The summed E-state index contributed by atoms with van der Waals surface area (Å²) in [6.45, 7) is -1.23. The molecule has 1 aromatic rings. The molecule has 0 atom stereocenters. The third-order valence-electron chi connectivity index (χ3n) is 1.52. The van der Waals surface area contributed by atoms with E-state index < -0.39 is 19.3 Å². The van der Waals surface area contributed by atoms with Crippen molar-refractivity contribution in [3.05, 3.63) is 28.8 Å². The normalized spacial score (nSPS) is 9.86. The van der Waals surface area contributed by atoms with E-state index in [1.54, 1.807) is 0 Å². The van der Waals surface area contributed by atoms with Crippen molar-refractivity contribution in [2.45, 2.75) is 6.67 Å². The smallest absolute Gasteiger partial charge is 0.341 e. The van der Waals surface area contributed by atoms with E-state index >= 15 is 0 Å². The monoisotopic (exact) mass is 218 g/mol. The first kappa shape index (κ1) is 10.8. The lowest BCUT2D eigenvalue weighted by atomic mass is 10.2. The molecule has 0 aliphatic carbocycles. The summed E-state index contributed by atoms with van der Waals surface area (Å²) in [6.07, 6.45) is 0. The molecular formula is C9H8ClFO3. The molecule has 0 bridgehead atoms. The summed E-state index contributed by atoms with van der Waals surface area (Å²) >= 11 is 5.62. The van der Waals surface area contributed by atoms with Crippen molar-refractivity contribution in [2.75, 3.05) is 6.61 Å². The molecule has 5 heteroatoms. The van der Waals surface area contributed by atoms with Crippen LogP contribution in [0.1, 0.15) is 5.56 Å². The Morgan fingerprint density at radius 3 is 2.86 bits per heavy atom. The highest BCUT2D eigenvalue weighted by atomic mass is 35.5. The fourth-order valence-corrected chi connectivity index (χ4v) is 1.13. The largest absolute Gasteiger partial charge is 0.482 e. The third-order valence-corrected chi connectivity index (χ3v) is 1.75. The molecular weight excluding hydrogens is 211 g/mol. The summed E-state index contributed by atoms with van der Waals surface area (Å²) < 4.78 is 17.3. The van der Waals surface area contributed by atoms with E-state index in [9.17, 15) is 9.18 Å². The van der Waals surface area contributed by atoms with Gasteiger partial charge in [-0.3, -0.25) is 0 Å². The summed E-state index contributed by atoms with van der Waals surface area (Å²) in [7, 11) is 0. The maximum atomic E-state index is 12.4. The summed E-state index contributed by atoms with van der Waals surface area (Å²) in [6, 6.07) is 4.36. The number of rotatable bonds is 4. The summed E-state index contributed by atoms with van der Waals surface area (Å²) in [5, 5.41) is 8.74. The van der Waals surface area contributed by atoms with Crippen molar-refractivity contribution < 1.29 is 19.0 Å². The van der Waals surface area contributed by atoms with E-state index in [0.29, 0.717) is 5.02 Å². The highest BCUT2D eigenvalue weighted by molar-refractivity contribution is 6.30. The predicted molar refractivity (Wildman–Crippen MR) is 49.4 cm³/mol. The zero-order chi connectivity index (χ0) is 10.6. The van der Waals surface area contributed by atoms with Gasteiger partial charge in [-0.1, -0.05) is 11.6 Å². The number of alkyl halides is 1. The second kappa shape index (κ2) is 4.81. The van der Waals surface area contributed by atoms with Crippen LogP contribution in [0.2, 0.25) is 5.02 Å². The number of halogens is 2. The van der Waals surface area contributed by atoms with Crippen molar-refractivity contribution in [3.8, 4) is 5.75 Å². The van der Waals surface area contributed by atoms with Crippen molar-refractivity contribution in [3.63, 3.8) is 0 Å². The van der Waals surface area contributed by atoms with Crippen LogP contribution in [0, 0.1) is 0 Å². The van der Waals surface area contributed by atoms with Gasteiger partial charge in [-0.2, -0.15) is 0 Å². The van der Waals surface area contributed by atoms with Crippen LogP contribution in [0.15, 0.2) is 18.2 Å². The Morgan fingerprint density at radius 2 is 2.29 bits per heavy atom. The molecule has 0 saturated carbocycles. The Labute approximate surface area is 85.1 Å². The quantitative estimate of drug-likeness (QED) is 0.843. The third kappa shape index (κ3) is 2.88. The van der Waals surface area contributed by atoms with Gasteiger partial charge in [-0.25, -0.2) is 9.18 Å². The van der Waals surface area contributed by atoms with Gasteiger partial charge in [0, 0.05) is 10.6 Å². The Hall–Kier alpha value is -1.29. The Morgan fingerprint density at radius 1 is 1.57 bits per heavy atom. The standard InChI is InChI=1S/C9H8ClFO3/c10-7-1-2-8(6(3-7)4-11)14-5-9(12)13/h1-3H,4-5H2,(H,12,13). The van der Waals surface area contributed by atoms with Crippen LogP contribution in [0.25, 0.3) is 0 Å². The molecule has 14 heavy (non-hydrogen) atoms. The van der Waals surface area contributed by atoms with Gasteiger partial charge < -0.3 is 9.84 Å². The lowest BCUT2D eigenvalue weighted by Crippen LogP contribution is -2.10. The molecule has 0 heterocycles. The molecule has 0 amide bonds. The number of carboxylic acids is 1. The Bertz CT molecular complexity index is 341. The van der Waals surface area contributed by atoms with E-state index in [4.69, 9.17) is 21.4 Å². The average Bonchev–Trinajstić information content (AvgIpc) is 2.15. The fraction of sp³-hybridized carbons (Fsp3) is 0.222. The molecule has 1 aromatic carbocycles. The van der Waals surface area contributed by atoms with Crippen LogP contribution in [-0.2, 0) is 11.5 Å². The molecule has 1 N–H and O–H groups in total. The first-order valence-electron chi connectivity index (χ1n) is 3.82. The number of hydrogen-bond acceptors (Lipinski definition) is 2. The maximum Gasteiger partial charge on any atom is 0.341 e. The predicted octanol–water partition coefficient (Wildman–Crippen LogP) is 2.27. The SMILES string of the molecule is O=C(O)COc1ccc(Cl)cc1CF. The molecule has 0 spiro atoms. The van der Waals surface area contributed by atoms with Crippen LogP contribution < -0.4 is 4.74 Å². The van der Waals surface area contributed by atoms with Gasteiger partial charge in [0.15, 0.2) is 6.61 Å².